The zero-order valence-electron chi connectivity index (χ0n) is 18.9. The van der Waals surface area contributed by atoms with Crippen molar-refractivity contribution in [2.75, 3.05) is 0 Å². The summed E-state index contributed by atoms with van der Waals surface area (Å²) in [6.45, 7) is 6.43. The van der Waals surface area contributed by atoms with E-state index in [4.69, 9.17) is 5.73 Å². The Kier molecular flexibility index (Phi) is 10.8. The lowest BCUT2D eigenvalue weighted by atomic mass is 9.99. The molecule has 0 fully saturated rings. The van der Waals surface area contributed by atoms with Gasteiger partial charge >= 0.3 is 5.97 Å². The quantitative estimate of drug-likeness (QED) is 0.250. The van der Waals surface area contributed by atoms with Gasteiger partial charge in [0.05, 0.1) is 12.1 Å². The number of carboxylic acids is 1. The van der Waals surface area contributed by atoms with Crippen molar-refractivity contribution in [3.63, 3.8) is 0 Å². The highest BCUT2D eigenvalue weighted by atomic mass is 16.4. The number of benzene rings is 1. The molecule has 178 valence electrons. The summed E-state index contributed by atoms with van der Waals surface area (Å²) < 4.78 is 0. The second-order valence-electron chi connectivity index (χ2n) is 7.96. The van der Waals surface area contributed by atoms with E-state index in [0.29, 0.717) is 6.42 Å². The van der Waals surface area contributed by atoms with Gasteiger partial charge in [-0.05, 0) is 25.3 Å². The summed E-state index contributed by atoms with van der Waals surface area (Å²) in [7, 11) is 0. The largest absolute Gasteiger partial charge is 0.480 e. The first-order chi connectivity index (χ1) is 15.0. The second-order valence-corrected chi connectivity index (χ2v) is 7.96. The summed E-state index contributed by atoms with van der Waals surface area (Å²) in [5.41, 5.74) is 6.62. The van der Waals surface area contributed by atoms with E-state index in [1.165, 1.54) is 13.8 Å². The average molecular weight is 451 g/mol. The molecule has 0 aliphatic heterocycles. The molecule has 6 atom stereocenters. The molecule has 0 radical (unpaired) electrons. The van der Waals surface area contributed by atoms with Gasteiger partial charge in [0, 0.05) is 6.42 Å². The molecule has 32 heavy (non-hydrogen) atoms. The topological polar surface area (TPSA) is 171 Å². The van der Waals surface area contributed by atoms with E-state index < -0.39 is 54.0 Å². The Bertz CT molecular complexity index is 786. The minimum atomic E-state index is -1.54. The zero-order chi connectivity index (χ0) is 24.4. The predicted octanol–water partition coefficient (Wildman–Crippen LogP) is -0.458. The normalized spacial score (nSPS) is 16.6. The molecule has 0 heterocycles. The maximum absolute atomic E-state index is 12.8. The SMILES string of the molecule is CCC(C)C(N)C(=O)NC(C)C(=O)NC(Cc1ccccc1)C(=O)NC(C(=O)O)C(C)O. The monoisotopic (exact) mass is 450 g/mol. The third-order valence-electron chi connectivity index (χ3n) is 5.27. The van der Waals surface area contributed by atoms with Crippen LogP contribution in [0.1, 0.15) is 39.7 Å². The highest BCUT2D eigenvalue weighted by Crippen LogP contribution is 2.07. The van der Waals surface area contributed by atoms with Gasteiger partial charge in [0.25, 0.3) is 0 Å². The minimum absolute atomic E-state index is 0.0738. The van der Waals surface area contributed by atoms with Crippen molar-refractivity contribution in [3.05, 3.63) is 35.9 Å². The van der Waals surface area contributed by atoms with E-state index in [2.05, 4.69) is 16.0 Å². The summed E-state index contributed by atoms with van der Waals surface area (Å²) >= 11 is 0. The Balaban J connectivity index is 2.94. The molecule has 1 aromatic carbocycles. The first-order valence-electron chi connectivity index (χ1n) is 10.6. The Morgan fingerprint density at radius 3 is 2.03 bits per heavy atom. The van der Waals surface area contributed by atoms with Crippen LogP contribution in [0.15, 0.2) is 30.3 Å². The molecule has 0 saturated heterocycles. The van der Waals surface area contributed by atoms with Gasteiger partial charge in [-0.25, -0.2) is 4.79 Å². The number of carbonyl (C=O) groups is 4. The van der Waals surface area contributed by atoms with Crippen molar-refractivity contribution in [1.29, 1.82) is 0 Å². The third kappa shape index (κ3) is 8.27. The highest BCUT2D eigenvalue weighted by Gasteiger charge is 2.31. The van der Waals surface area contributed by atoms with Gasteiger partial charge in [0.15, 0.2) is 6.04 Å². The van der Waals surface area contributed by atoms with Crippen LogP contribution in [0.2, 0.25) is 0 Å². The maximum atomic E-state index is 12.8. The molecule has 6 unspecified atom stereocenters. The van der Waals surface area contributed by atoms with Gasteiger partial charge in [-0.2, -0.15) is 0 Å². The van der Waals surface area contributed by atoms with Crippen LogP contribution in [0.5, 0.6) is 0 Å². The lowest BCUT2D eigenvalue weighted by Crippen LogP contribution is -2.58. The van der Waals surface area contributed by atoms with Crippen molar-refractivity contribution >= 4 is 23.7 Å². The molecule has 3 amide bonds. The Morgan fingerprint density at radius 1 is 0.938 bits per heavy atom. The molecule has 10 nitrogen and oxygen atoms in total. The fourth-order valence-corrected chi connectivity index (χ4v) is 2.89. The third-order valence-corrected chi connectivity index (χ3v) is 5.27. The minimum Gasteiger partial charge on any atom is -0.480 e. The van der Waals surface area contributed by atoms with Crippen LogP contribution in [-0.4, -0.2) is 64.2 Å². The Labute approximate surface area is 187 Å². The summed E-state index contributed by atoms with van der Waals surface area (Å²) in [5.74, 6) is -3.36. The number of carboxylic acid groups (broad SMARTS) is 1. The van der Waals surface area contributed by atoms with Gasteiger partial charge in [0.2, 0.25) is 17.7 Å². The molecule has 0 aromatic heterocycles. The number of carbonyl (C=O) groups excluding carboxylic acids is 3. The van der Waals surface area contributed by atoms with Crippen molar-refractivity contribution < 1.29 is 29.4 Å². The molecule has 1 aromatic rings. The van der Waals surface area contributed by atoms with E-state index >= 15 is 0 Å². The summed E-state index contributed by atoms with van der Waals surface area (Å²) in [5, 5.41) is 26.2. The van der Waals surface area contributed by atoms with Crippen LogP contribution in [0, 0.1) is 5.92 Å². The molecule has 7 N–H and O–H groups in total. The molecular weight excluding hydrogens is 416 g/mol. The van der Waals surface area contributed by atoms with E-state index in [1.807, 2.05) is 13.8 Å². The van der Waals surface area contributed by atoms with Gasteiger partial charge in [0.1, 0.15) is 12.1 Å². The number of nitrogens with one attached hydrogen (secondary N) is 3. The van der Waals surface area contributed by atoms with Gasteiger partial charge in [-0.3, -0.25) is 14.4 Å². The number of amides is 3. The highest BCUT2D eigenvalue weighted by molar-refractivity contribution is 5.94. The molecule has 1 rings (SSSR count). The first-order valence-corrected chi connectivity index (χ1v) is 10.6. The zero-order valence-corrected chi connectivity index (χ0v) is 18.9. The number of rotatable bonds is 12. The van der Waals surface area contributed by atoms with Crippen LogP contribution < -0.4 is 21.7 Å². The standard InChI is InChI=1S/C22H34N4O6/c1-5-12(2)17(23)21(30)24-13(3)19(28)25-16(11-15-9-7-6-8-10-15)20(29)26-18(14(4)27)22(31)32/h6-10,12-14,16-18,27H,5,11,23H2,1-4H3,(H,24,30)(H,25,28)(H,26,29)(H,31,32). The van der Waals surface area contributed by atoms with Crippen molar-refractivity contribution in [2.24, 2.45) is 11.7 Å². The molecule has 0 spiro atoms. The van der Waals surface area contributed by atoms with Gasteiger partial charge in [-0.1, -0.05) is 50.6 Å². The lowest BCUT2D eigenvalue weighted by Gasteiger charge is -2.25. The van der Waals surface area contributed by atoms with E-state index in [-0.39, 0.29) is 12.3 Å². The number of aliphatic carboxylic acids is 1. The van der Waals surface area contributed by atoms with Gasteiger partial charge in [-0.15, -0.1) is 0 Å². The molecule has 10 heteroatoms. The van der Waals surface area contributed by atoms with Gasteiger partial charge < -0.3 is 31.9 Å². The van der Waals surface area contributed by atoms with E-state index in [1.54, 1.807) is 30.3 Å². The average Bonchev–Trinajstić information content (AvgIpc) is 2.75. The van der Waals surface area contributed by atoms with Crippen molar-refractivity contribution in [1.82, 2.24) is 16.0 Å². The van der Waals surface area contributed by atoms with E-state index in [9.17, 15) is 29.4 Å². The number of hydrogen-bond acceptors (Lipinski definition) is 6. The first kappa shape index (κ1) is 27.1. The number of aliphatic hydroxyl groups is 1. The number of nitrogens with two attached hydrogens (primary N) is 1. The number of aliphatic hydroxyl groups excluding tert-OH is 1. The van der Waals surface area contributed by atoms with Crippen LogP contribution in [0.3, 0.4) is 0 Å². The molecule has 0 saturated carbocycles. The van der Waals surface area contributed by atoms with Crippen LogP contribution >= 0.6 is 0 Å². The Morgan fingerprint density at radius 2 is 1.53 bits per heavy atom. The molecule has 0 aliphatic rings. The molecule has 0 aliphatic carbocycles. The molecule has 0 bridgehead atoms. The van der Waals surface area contributed by atoms with Crippen LogP contribution in [0.25, 0.3) is 0 Å². The van der Waals surface area contributed by atoms with Crippen LogP contribution in [-0.2, 0) is 25.6 Å². The van der Waals surface area contributed by atoms with Crippen molar-refractivity contribution in [2.45, 2.75) is 70.8 Å². The van der Waals surface area contributed by atoms with E-state index in [0.717, 1.165) is 5.56 Å². The van der Waals surface area contributed by atoms with Crippen LogP contribution in [0.4, 0.5) is 0 Å². The second kappa shape index (κ2) is 12.8. The fraction of sp³-hybridized carbons (Fsp3) is 0.545. The summed E-state index contributed by atoms with van der Waals surface area (Å²) in [6.07, 6.45) is -0.565. The van der Waals surface area contributed by atoms with Crippen molar-refractivity contribution in [3.8, 4) is 0 Å². The maximum Gasteiger partial charge on any atom is 0.328 e. The predicted molar refractivity (Wildman–Crippen MR) is 118 cm³/mol. The fourth-order valence-electron chi connectivity index (χ4n) is 2.89. The number of hydrogen-bond donors (Lipinski definition) is 6. The summed E-state index contributed by atoms with van der Waals surface area (Å²) in [6, 6.07) is 4.41. The lowest BCUT2D eigenvalue weighted by molar-refractivity contribution is -0.145. The molecular formula is C22H34N4O6. The Hall–Kier alpha value is -2.98. The summed E-state index contributed by atoms with van der Waals surface area (Å²) in [4.78, 5) is 49.1. The smallest absolute Gasteiger partial charge is 0.328 e.